The van der Waals surface area contributed by atoms with E-state index in [1.165, 1.54) is 12.1 Å². The van der Waals surface area contributed by atoms with Crippen LogP contribution in [0.5, 0.6) is 0 Å². The Balaban J connectivity index is 1.44. The average molecular weight is 416 g/mol. The first-order valence-electron chi connectivity index (χ1n) is 9.48. The van der Waals surface area contributed by atoms with E-state index in [1.807, 2.05) is 12.1 Å². The van der Waals surface area contributed by atoms with Gasteiger partial charge in [-0.1, -0.05) is 11.2 Å². The average Bonchev–Trinajstić information content (AvgIpc) is 3.14. The van der Waals surface area contributed by atoms with E-state index in [-0.39, 0.29) is 11.6 Å². The van der Waals surface area contributed by atoms with Gasteiger partial charge in [0.05, 0.1) is 17.7 Å². The molecule has 6 nitrogen and oxygen atoms in total. The lowest BCUT2D eigenvalue weighted by Crippen LogP contribution is -2.35. The number of fused-ring (bicyclic) bond motifs is 1. The Morgan fingerprint density at radius 2 is 2.00 bits per heavy atom. The number of nitrogens with one attached hydrogen (secondary N) is 1. The zero-order chi connectivity index (χ0) is 21.1. The second-order valence-electron chi connectivity index (χ2n) is 7.06. The first-order chi connectivity index (χ1) is 14.4. The molecule has 4 rings (SSSR count). The number of rotatable bonds is 5. The molecule has 0 atom stereocenters. The van der Waals surface area contributed by atoms with Gasteiger partial charge in [0.25, 0.3) is 0 Å². The third-order valence-electron chi connectivity index (χ3n) is 5.01. The van der Waals surface area contributed by atoms with E-state index < -0.39 is 11.7 Å². The molecule has 0 fully saturated rings. The fourth-order valence-electron chi connectivity index (χ4n) is 3.39. The van der Waals surface area contributed by atoms with Crippen LogP contribution in [0.4, 0.5) is 24.7 Å². The molecule has 3 aromatic rings. The van der Waals surface area contributed by atoms with Gasteiger partial charge >= 0.3 is 6.18 Å². The molecule has 0 spiro atoms. The summed E-state index contributed by atoms with van der Waals surface area (Å²) in [6.45, 7) is 0.815. The summed E-state index contributed by atoms with van der Waals surface area (Å²) in [5.74, 6) is 0.974. The molecule has 156 valence electrons. The lowest BCUT2D eigenvalue weighted by molar-refractivity contribution is -0.137. The second kappa shape index (κ2) is 8.17. The topological polar surface area (TPSA) is 71.3 Å². The highest BCUT2D eigenvalue weighted by Crippen LogP contribution is 2.33. The van der Waals surface area contributed by atoms with Crippen LogP contribution >= 0.6 is 0 Å². The molecule has 0 bridgehead atoms. The number of alkyl halides is 3. The highest BCUT2D eigenvalue weighted by molar-refractivity contribution is 5.77. The Labute approximate surface area is 170 Å². The van der Waals surface area contributed by atoms with Gasteiger partial charge in [0, 0.05) is 37.5 Å². The number of aromatic nitrogens is 2. The summed E-state index contributed by atoms with van der Waals surface area (Å²) < 4.78 is 44.2. The van der Waals surface area contributed by atoms with Gasteiger partial charge in [-0.25, -0.2) is 0 Å². The molecular formula is C21H19F3N4O2. The number of pyridine rings is 1. The van der Waals surface area contributed by atoms with Crippen LogP contribution in [-0.2, 0) is 30.4 Å². The van der Waals surface area contributed by atoms with Crippen molar-refractivity contribution in [1.29, 1.82) is 0 Å². The van der Waals surface area contributed by atoms with Gasteiger partial charge in [0.2, 0.25) is 5.91 Å². The number of aryl methyl sites for hydroxylation is 1. The fraction of sp³-hybridized carbons (Fsp3) is 0.286. The van der Waals surface area contributed by atoms with Crippen molar-refractivity contribution in [3.63, 3.8) is 0 Å². The monoisotopic (exact) mass is 416 g/mol. The van der Waals surface area contributed by atoms with Crippen molar-refractivity contribution >= 4 is 17.4 Å². The Hall–Kier alpha value is -3.36. The molecule has 0 saturated carbocycles. The Bertz CT molecular complexity index is 1030. The van der Waals surface area contributed by atoms with Gasteiger partial charge in [-0.3, -0.25) is 9.78 Å². The Morgan fingerprint density at radius 1 is 1.20 bits per heavy atom. The number of carbonyl (C=O) groups excluding carboxylic acids is 1. The predicted octanol–water partition coefficient (Wildman–Crippen LogP) is 4.35. The first kappa shape index (κ1) is 19.9. The summed E-state index contributed by atoms with van der Waals surface area (Å²) in [6, 6.07) is 8.62. The third-order valence-corrected chi connectivity index (χ3v) is 5.01. The molecule has 1 aliphatic heterocycles. The molecule has 1 amide bonds. The smallest absolute Gasteiger partial charge is 0.359 e. The maximum absolute atomic E-state index is 12.9. The summed E-state index contributed by atoms with van der Waals surface area (Å²) >= 11 is 0. The zero-order valence-corrected chi connectivity index (χ0v) is 15.9. The number of hydrogen-bond acceptors (Lipinski definition) is 5. The van der Waals surface area contributed by atoms with E-state index in [0.29, 0.717) is 49.5 Å². The van der Waals surface area contributed by atoms with Crippen molar-refractivity contribution in [2.24, 2.45) is 0 Å². The van der Waals surface area contributed by atoms with Crippen LogP contribution in [-0.4, -0.2) is 27.5 Å². The van der Waals surface area contributed by atoms with E-state index in [0.717, 1.165) is 17.7 Å². The van der Waals surface area contributed by atoms with Gasteiger partial charge in [0.1, 0.15) is 5.76 Å². The SMILES string of the molecule is O=C(CCc1ccncc1)N1CCc2onc(Nc3cccc(C(F)(F)F)c3)c2C1. The quantitative estimate of drug-likeness (QED) is 0.670. The molecule has 0 radical (unpaired) electrons. The molecule has 0 aliphatic carbocycles. The minimum atomic E-state index is -4.43. The van der Waals surface area contributed by atoms with Gasteiger partial charge in [0.15, 0.2) is 5.82 Å². The first-order valence-corrected chi connectivity index (χ1v) is 9.48. The summed E-state index contributed by atoms with van der Waals surface area (Å²) in [4.78, 5) is 18.3. The Kier molecular flexibility index (Phi) is 5.43. The van der Waals surface area contributed by atoms with Crippen molar-refractivity contribution in [1.82, 2.24) is 15.0 Å². The molecular weight excluding hydrogens is 397 g/mol. The molecule has 30 heavy (non-hydrogen) atoms. The van der Waals surface area contributed by atoms with Crippen LogP contribution in [0, 0.1) is 0 Å². The fourth-order valence-corrected chi connectivity index (χ4v) is 3.39. The molecule has 1 aliphatic rings. The summed E-state index contributed by atoms with van der Waals surface area (Å²) in [5.41, 5.74) is 1.23. The van der Waals surface area contributed by atoms with Crippen molar-refractivity contribution in [3.05, 3.63) is 71.2 Å². The largest absolute Gasteiger partial charge is 0.416 e. The van der Waals surface area contributed by atoms with Gasteiger partial charge in [-0.15, -0.1) is 0 Å². The molecule has 2 aromatic heterocycles. The predicted molar refractivity (Wildman–Crippen MR) is 103 cm³/mol. The van der Waals surface area contributed by atoms with Crippen LogP contribution in [0.15, 0.2) is 53.3 Å². The van der Waals surface area contributed by atoms with Gasteiger partial charge < -0.3 is 14.7 Å². The van der Waals surface area contributed by atoms with Crippen molar-refractivity contribution in [2.45, 2.75) is 32.0 Å². The maximum atomic E-state index is 12.9. The zero-order valence-electron chi connectivity index (χ0n) is 15.9. The number of carbonyl (C=O) groups is 1. The van der Waals surface area contributed by atoms with E-state index >= 15 is 0 Å². The number of anilines is 2. The van der Waals surface area contributed by atoms with Crippen molar-refractivity contribution < 1.29 is 22.5 Å². The van der Waals surface area contributed by atoms with E-state index in [1.54, 1.807) is 17.3 Å². The number of nitrogens with zero attached hydrogens (tertiary/aromatic N) is 3. The summed E-state index contributed by atoms with van der Waals surface area (Å²) in [7, 11) is 0. The molecule has 1 aromatic carbocycles. The van der Waals surface area contributed by atoms with E-state index in [9.17, 15) is 18.0 Å². The van der Waals surface area contributed by atoms with E-state index in [4.69, 9.17) is 4.52 Å². The van der Waals surface area contributed by atoms with Crippen molar-refractivity contribution in [2.75, 3.05) is 11.9 Å². The molecule has 0 unspecified atom stereocenters. The highest BCUT2D eigenvalue weighted by Gasteiger charge is 2.31. The minimum Gasteiger partial charge on any atom is -0.359 e. The molecule has 0 saturated heterocycles. The van der Waals surface area contributed by atoms with Crippen LogP contribution in [0.1, 0.15) is 28.9 Å². The standard InChI is InChI=1S/C21H19F3N4O2/c22-21(23,24)15-2-1-3-16(12-15)26-20-17-13-28(11-8-18(17)30-27-20)19(29)5-4-14-6-9-25-10-7-14/h1-3,6-7,9-10,12H,4-5,8,11,13H2,(H,26,27). The summed E-state index contributed by atoms with van der Waals surface area (Å²) in [6.07, 6.45) is 0.434. The van der Waals surface area contributed by atoms with Crippen LogP contribution in [0.3, 0.4) is 0 Å². The third kappa shape index (κ3) is 4.45. The molecule has 3 heterocycles. The van der Waals surface area contributed by atoms with Crippen LogP contribution < -0.4 is 5.32 Å². The van der Waals surface area contributed by atoms with Crippen molar-refractivity contribution in [3.8, 4) is 0 Å². The second-order valence-corrected chi connectivity index (χ2v) is 7.06. The summed E-state index contributed by atoms with van der Waals surface area (Å²) in [5, 5.41) is 6.85. The lowest BCUT2D eigenvalue weighted by Gasteiger charge is -2.26. The maximum Gasteiger partial charge on any atom is 0.416 e. The minimum absolute atomic E-state index is 0.00341. The normalized spacial score (nSPS) is 13.8. The van der Waals surface area contributed by atoms with Gasteiger partial charge in [-0.05, 0) is 42.3 Å². The number of hydrogen-bond donors (Lipinski definition) is 1. The Morgan fingerprint density at radius 3 is 2.77 bits per heavy atom. The van der Waals surface area contributed by atoms with E-state index in [2.05, 4.69) is 15.5 Å². The van der Waals surface area contributed by atoms with Gasteiger partial charge in [-0.2, -0.15) is 13.2 Å². The number of benzene rings is 1. The molecule has 9 heteroatoms. The highest BCUT2D eigenvalue weighted by atomic mass is 19.4. The lowest BCUT2D eigenvalue weighted by atomic mass is 10.1. The number of halogens is 3. The molecule has 1 N–H and O–H groups in total. The van der Waals surface area contributed by atoms with Crippen LogP contribution in [0.2, 0.25) is 0 Å². The number of amides is 1. The van der Waals surface area contributed by atoms with Crippen LogP contribution in [0.25, 0.3) is 0 Å².